The lowest BCUT2D eigenvalue weighted by Gasteiger charge is -2.44. The minimum atomic E-state index is -0.961. The Bertz CT molecular complexity index is 1460. The molecule has 4 aromatic carbocycles. The summed E-state index contributed by atoms with van der Waals surface area (Å²) >= 11 is 0. The monoisotopic (exact) mass is 650 g/mol. The molecule has 2 unspecified atom stereocenters. The normalized spacial score (nSPS) is 13.9. The second-order valence-corrected chi connectivity index (χ2v) is 12.8. The third kappa shape index (κ3) is 8.76. The lowest BCUT2D eigenvalue weighted by molar-refractivity contribution is 0.0480. The van der Waals surface area contributed by atoms with Crippen molar-refractivity contribution >= 4 is 22.9 Å². The van der Waals surface area contributed by atoms with Crippen LogP contribution in [0, 0.1) is 0 Å². The van der Waals surface area contributed by atoms with Crippen molar-refractivity contribution in [3.63, 3.8) is 0 Å². The second kappa shape index (κ2) is 17.2. The SMILES string of the molecule is CN(C)C(CCC(Cc1ccccc1)(C(=O)c1ccc(NCCO)cc1)N(C)C)(Cc1ccccc1)C(=O)c1ccc(NCCO)cc1. The van der Waals surface area contributed by atoms with Crippen LogP contribution >= 0.6 is 0 Å². The third-order valence-corrected chi connectivity index (χ3v) is 9.36. The zero-order chi connectivity index (χ0) is 34.6. The smallest absolute Gasteiger partial charge is 0.183 e. The number of likely N-dealkylation sites (N-methyl/N-ethyl adjacent to an activating group) is 2. The van der Waals surface area contributed by atoms with Gasteiger partial charge in [-0.1, -0.05) is 60.7 Å². The number of anilines is 2. The highest BCUT2D eigenvalue weighted by molar-refractivity contribution is 6.05. The first-order chi connectivity index (χ1) is 23.1. The van der Waals surface area contributed by atoms with E-state index >= 15 is 0 Å². The molecule has 0 aliphatic heterocycles. The summed E-state index contributed by atoms with van der Waals surface area (Å²) in [5.41, 5.74) is 2.99. The Morgan fingerprint density at radius 2 is 0.875 bits per heavy atom. The number of carbonyl (C=O) groups excluding carboxylic acids is 2. The van der Waals surface area contributed by atoms with Crippen LogP contribution in [-0.4, -0.2) is 97.2 Å². The highest BCUT2D eigenvalue weighted by atomic mass is 16.3. The van der Waals surface area contributed by atoms with Crippen molar-refractivity contribution in [2.45, 2.75) is 36.8 Å². The molecular formula is C40H50N4O4. The summed E-state index contributed by atoms with van der Waals surface area (Å²) in [6.07, 6.45) is 1.78. The van der Waals surface area contributed by atoms with Crippen LogP contribution in [0.2, 0.25) is 0 Å². The molecule has 254 valence electrons. The average Bonchev–Trinajstić information content (AvgIpc) is 3.11. The van der Waals surface area contributed by atoms with E-state index in [0.29, 0.717) is 49.9 Å². The van der Waals surface area contributed by atoms with E-state index in [1.54, 1.807) is 0 Å². The largest absolute Gasteiger partial charge is 0.395 e. The maximum atomic E-state index is 14.8. The molecule has 0 bridgehead atoms. The first-order valence-corrected chi connectivity index (χ1v) is 16.6. The Morgan fingerprint density at radius 1 is 0.542 bits per heavy atom. The fraction of sp³-hybridized carbons (Fsp3) is 0.350. The minimum absolute atomic E-state index is 0.0100. The zero-order valence-corrected chi connectivity index (χ0v) is 28.7. The minimum Gasteiger partial charge on any atom is -0.395 e. The molecular weight excluding hydrogens is 600 g/mol. The van der Waals surface area contributed by atoms with Crippen LogP contribution in [0.3, 0.4) is 0 Å². The molecule has 48 heavy (non-hydrogen) atoms. The van der Waals surface area contributed by atoms with Gasteiger partial charge >= 0.3 is 0 Å². The summed E-state index contributed by atoms with van der Waals surface area (Å²) < 4.78 is 0. The molecule has 0 fully saturated rings. The molecule has 2 atom stereocenters. The van der Waals surface area contributed by atoms with Gasteiger partial charge in [0, 0.05) is 35.6 Å². The maximum absolute atomic E-state index is 14.8. The van der Waals surface area contributed by atoms with E-state index in [4.69, 9.17) is 0 Å². The van der Waals surface area contributed by atoms with E-state index in [-0.39, 0.29) is 24.8 Å². The quantitative estimate of drug-likeness (QED) is 0.0997. The van der Waals surface area contributed by atoms with E-state index in [1.807, 2.05) is 147 Å². The lowest BCUT2D eigenvalue weighted by atomic mass is 9.72. The fourth-order valence-electron chi connectivity index (χ4n) is 6.43. The fourth-order valence-corrected chi connectivity index (χ4v) is 6.43. The second-order valence-electron chi connectivity index (χ2n) is 12.8. The first kappa shape index (κ1) is 36.5. The number of rotatable bonds is 19. The molecule has 4 rings (SSSR count). The van der Waals surface area contributed by atoms with Gasteiger partial charge in [-0.3, -0.25) is 19.4 Å². The van der Waals surface area contributed by atoms with Crippen molar-refractivity contribution in [3.05, 3.63) is 131 Å². The molecule has 8 nitrogen and oxygen atoms in total. The number of aliphatic hydroxyl groups is 2. The van der Waals surface area contributed by atoms with Crippen molar-refractivity contribution in [1.82, 2.24) is 9.80 Å². The highest BCUT2D eigenvalue weighted by Gasteiger charge is 2.47. The molecule has 0 amide bonds. The number of carbonyl (C=O) groups is 2. The van der Waals surface area contributed by atoms with Gasteiger partial charge in [0.1, 0.15) is 0 Å². The van der Waals surface area contributed by atoms with Gasteiger partial charge in [0.25, 0.3) is 0 Å². The summed E-state index contributed by atoms with van der Waals surface area (Å²) in [5.74, 6) is -0.0200. The van der Waals surface area contributed by atoms with Gasteiger partial charge in [0.05, 0.1) is 24.3 Å². The number of benzene rings is 4. The van der Waals surface area contributed by atoms with Crippen LogP contribution in [0.4, 0.5) is 11.4 Å². The Morgan fingerprint density at radius 3 is 1.17 bits per heavy atom. The van der Waals surface area contributed by atoms with Gasteiger partial charge in [-0.05, 0) is 114 Å². The van der Waals surface area contributed by atoms with Crippen LogP contribution in [0.5, 0.6) is 0 Å². The average molecular weight is 651 g/mol. The Balaban J connectivity index is 1.79. The molecule has 4 aromatic rings. The van der Waals surface area contributed by atoms with Crippen LogP contribution in [0.15, 0.2) is 109 Å². The molecule has 0 saturated carbocycles. The predicted molar refractivity (Wildman–Crippen MR) is 195 cm³/mol. The number of ketones is 2. The molecule has 0 heterocycles. The van der Waals surface area contributed by atoms with Crippen LogP contribution in [0.1, 0.15) is 44.7 Å². The summed E-state index contributed by atoms with van der Waals surface area (Å²) in [4.78, 5) is 33.7. The van der Waals surface area contributed by atoms with Crippen molar-refractivity contribution < 1.29 is 19.8 Å². The van der Waals surface area contributed by atoms with E-state index in [2.05, 4.69) is 10.6 Å². The third-order valence-electron chi connectivity index (χ3n) is 9.36. The summed E-state index contributed by atoms with van der Waals surface area (Å²) in [6.45, 7) is 0.878. The van der Waals surface area contributed by atoms with Crippen molar-refractivity contribution in [2.24, 2.45) is 0 Å². The van der Waals surface area contributed by atoms with Crippen LogP contribution in [-0.2, 0) is 12.8 Å². The van der Waals surface area contributed by atoms with Crippen molar-refractivity contribution in [1.29, 1.82) is 0 Å². The molecule has 0 aromatic heterocycles. The van der Waals surface area contributed by atoms with Gasteiger partial charge in [-0.2, -0.15) is 0 Å². The van der Waals surface area contributed by atoms with E-state index in [1.165, 1.54) is 0 Å². The number of aliphatic hydroxyl groups excluding tert-OH is 2. The number of hydrogen-bond donors (Lipinski definition) is 4. The lowest BCUT2D eigenvalue weighted by Crippen LogP contribution is -2.58. The molecule has 0 spiro atoms. The topological polar surface area (TPSA) is 105 Å². The molecule has 0 radical (unpaired) electrons. The zero-order valence-electron chi connectivity index (χ0n) is 28.7. The number of nitrogens with zero attached hydrogens (tertiary/aromatic N) is 2. The first-order valence-electron chi connectivity index (χ1n) is 16.6. The molecule has 0 saturated heterocycles. The maximum Gasteiger partial charge on any atom is 0.183 e. The number of Topliss-reactive ketones (excluding diaryl/α,β-unsaturated/α-hetero) is 2. The summed E-state index contributed by atoms with van der Waals surface area (Å²) in [5, 5.41) is 24.8. The standard InChI is InChI=1S/C40H50N4O4/c1-43(2)39(29-31-11-7-5-8-12-31,37(47)33-15-19-35(20-16-33)41-25-27-45)23-24-40(44(3)4,30-32-13-9-6-10-14-32)38(48)34-17-21-36(22-18-34)42-26-28-46/h5-22,41-42,45-46H,23-30H2,1-4H3. The molecule has 0 aliphatic rings. The van der Waals surface area contributed by atoms with Gasteiger partial charge in [0.2, 0.25) is 0 Å². The predicted octanol–water partition coefficient (Wildman–Crippen LogP) is 5.43. The van der Waals surface area contributed by atoms with E-state index < -0.39 is 11.1 Å². The number of hydrogen-bond acceptors (Lipinski definition) is 8. The van der Waals surface area contributed by atoms with Gasteiger partial charge in [-0.15, -0.1) is 0 Å². The Hall–Kier alpha value is -4.34. The van der Waals surface area contributed by atoms with Crippen LogP contribution in [0.25, 0.3) is 0 Å². The van der Waals surface area contributed by atoms with Crippen LogP contribution < -0.4 is 10.6 Å². The highest BCUT2D eigenvalue weighted by Crippen LogP contribution is 2.37. The Labute approximate surface area is 285 Å². The Kier molecular flexibility index (Phi) is 13.1. The molecule has 4 N–H and O–H groups in total. The summed E-state index contributed by atoms with van der Waals surface area (Å²) in [7, 11) is 7.80. The van der Waals surface area contributed by atoms with Gasteiger partial charge in [-0.25, -0.2) is 0 Å². The molecule has 0 aliphatic carbocycles. The van der Waals surface area contributed by atoms with E-state index in [0.717, 1.165) is 22.5 Å². The van der Waals surface area contributed by atoms with Gasteiger partial charge < -0.3 is 20.8 Å². The molecule has 8 heteroatoms. The van der Waals surface area contributed by atoms with Crippen molar-refractivity contribution in [2.75, 3.05) is 65.1 Å². The van der Waals surface area contributed by atoms with E-state index in [9.17, 15) is 19.8 Å². The number of nitrogens with one attached hydrogen (secondary N) is 2. The van der Waals surface area contributed by atoms with Crippen molar-refractivity contribution in [3.8, 4) is 0 Å². The summed E-state index contributed by atoms with van der Waals surface area (Å²) in [6, 6.07) is 34.9. The van der Waals surface area contributed by atoms with Gasteiger partial charge in [0.15, 0.2) is 11.6 Å².